The van der Waals surface area contributed by atoms with E-state index < -0.39 is 9.84 Å². The lowest BCUT2D eigenvalue weighted by Gasteiger charge is -2.36. The van der Waals surface area contributed by atoms with Gasteiger partial charge in [0.15, 0.2) is 9.84 Å². The predicted octanol–water partition coefficient (Wildman–Crippen LogP) is 2.61. The molecule has 0 bridgehead atoms. The van der Waals surface area contributed by atoms with Crippen molar-refractivity contribution in [3.8, 4) is 0 Å². The third-order valence-electron chi connectivity index (χ3n) is 5.44. The van der Waals surface area contributed by atoms with E-state index in [4.69, 9.17) is 0 Å². The van der Waals surface area contributed by atoms with E-state index >= 15 is 0 Å². The van der Waals surface area contributed by atoms with Gasteiger partial charge >= 0.3 is 0 Å². The minimum absolute atomic E-state index is 0.0224. The highest BCUT2D eigenvalue weighted by atomic mass is 32.2. The van der Waals surface area contributed by atoms with Crippen LogP contribution in [0.2, 0.25) is 0 Å². The van der Waals surface area contributed by atoms with Crippen LogP contribution in [0.15, 0.2) is 30.3 Å². The molecule has 2 aliphatic rings. The first-order chi connectivity index (χ1) is 11.0. The van der Waals surface area contributed by atoms with Crippen LogP contribution in [-0.2, 0) is 14.6 Å². The molecule has 23 heavy (non-hydrogen) atoms. The number of amides is 1. The van der Waals surface area contributed by atoms with Crippen LogP contribution in [0, 0.1) is 5.92 Å². The van der Waals surface area contributed by atoms with Gasteiger partial charge in [0.1, 0.15) is 0 Å². The van der Waals surface area contributed by atoms with Crippen LogP contribution in [0.1, 0.15) is 43.6 Å². The number of hydrogen-bond donors (Lipinski definition) is 0. The van der Waals surface area contributed by atoms with Gasteiger partial charge in [-0.1, -0.05) is 30.3 Å². The summed E-state index contributed by atoms with van der Waals surface area (Å²) in [6.45, 7) is 0. The molecule has 1 heterocycles. The molecule has 0 unspecified atom stereocenters. The molecule has 2 fully saturated rings. The predicted molar refractivity (Wildman–Crippen MR) is 91.0 cm³/mol. The first kappa shape index (κ1) is 16.5. The molecule has 1 saturated heterocycles. The first-order valence-electron chi connectivity index (χ1n) is 8.48. The molecule has 0 aromatic heterocycles. The van der Waals surface area contributed by atoms with Crippen molar-refractivity contribution < 1.29 is 13.2 Å². The Morgan fingerprint density at radius 2 is 1.70 bits per heavy atom. The van der Waals surface area contributed by atoms with Gasteiger partial charge in [-0.15, -0.1) is 0 Å². The average Bonchev–Trinajstić information content (AvgIpc) is 2.94. The van der Waals surface area contributed by atoms with E-state index in [1.807, 2.05) is 18.0 Å². The summed E-state index contributed by atoms with van der Waals surface area (Å²) < 4.78 is 23.1. The van der Waals surface area contributed by atoms with Crippen LogP contribution in [-0.4, -0.2) is 43.8 Å². The maximum absolute atomic E-state index is 12.5. The molecule has 1 aromatic carbocycles. The minimum Gasteiger partial charge on any atom is -0.343 e. The van der Waals surface area contributed by atoms with Gasteiger partial charge in [-0.3, -0.25) is 4.79 Å². The standard InChI is InChI=1S/C18H25NO3S/c1-19(18(20)16-11-12-23(21,22)13-16)17-9-7-15(8-10-17)14-5-3-2-4-6-14/h2-6,15-17H,7-13H2,1H3/t15?,16-,17?/m1/s1. The van der Waals surface area contributed by atoms with Crippen molar-refractivity contribution in [1.29, 1.82) is 0 Å². The zero-order chi connectivity index (χ0) is 16.4. The monoisotopic (exact) mass is 335 g/mol. The fourth-order valence-corrected chi connectivity index (χ4v) is 5.71. The smallest absolute Gasteiger partial charge is 0.226 e. The molecule has 0 N–H and O–H groups in total. The Morgan fingerprint density at radius 3 is 2.26 bits per heavy atom. The van der Waals surface area contributed by atoms with Crippen molar-refractivity contribution in [2.24, 2.45) is 5.92 Å². The molecule has 0 radical (unpaired) electrons. The van der Waals surface area contributed by atoms with Crippen molar-refractivity contribution >= 4 is 15.7 Å². The summed E-state index contributed by atoms with van der Waals surface area (Å²) in [5.74, 6) is 0.488. The van der Waals surface area contributed by atoms with Crippen molar-refractivity contribution in [3.05, 3.63) is 35.9 Å². The number of benzene rings is 1. The van der Waals surface area contributed by atoms with Gasteiger partial charge in [0.25, 0.3) is 0 Å². The van der Waals surface area contributed by atoms with Crippen molar-refractivity contribution in [3.63, 3.8) is 0 Å². The van der Waals surface area contributed by atoms with E-state index in [1.54, 1.807) is 0 Å². The third kappa shape index (κ3) is 3.77. The summed E-state index contributed by atoms with van der Waals surface area (Å²) in [4.78, 5) is 14.4. The zero-order valence-corrected chi connectivity index (χ0v) is 14.5. The summed E-state index contributed by atoms with van der Waals surface area (Å²) >= 11 is 0. The lowest BCUT2D eigenvalue weighted by molar-refractivity contribution is -0.136. The second-order valence-electron chi connectivity index (χ2n) is 6.97. The maximum Gasteiger partial charge on any atom is 0.226 e. The Hall–Kier alpha value is -1.36. The molecule has 126 valence electrons. The molecule has 1 amide bonds. The van der Waals surface area contributed by atoms with E-state index in [-0.39, 0.29) is 29.4 Å². The molecular weight excluding hydrogens is 310 g/mol. The molecule has 5 heteroatoms. The van der Waals surface area contributed by atoms with Gasteiger partial charge in [-0.2, -0.15) is 0 Å². The fourth-order valence-electron chi connectivity index (χ4n) is 3.98. The van der Waals surface area contributed by atoms with Gasteiger partial charge < -0.3 is 4.90 Å². The van der Waals surface area contributed by atoms with Gasteiger partial charge in [-0.05, 0) is 43.6 Å². The normalized spacial score (nSPS) is 30.0. The highest BCUT2D eigenvalue weighted by molar-refractivity contribution is 7.91. The second-order valence-corrected chi connectivity index (χ2v) is 9.19. The fraction of sp³-hybridized carbons (Fsp3) is 0.611. The third-order valence-corrected chi connectivity index (χ3v) is 7.21. The maximum atomic E-state index is 12.5. The van der Waals surface area contributed by atoms with E-state index in [0.29, 0.717) is 12.3 Å². The average molecular weight is 335 g/mol. The van der Waals surface area contributed by atoms with Crippen LogP contribution in [0.5, 0.6) is 0 Å². The Morgan fingerprint density at radius 1 is 1.04 bits per heavy atom. The second kappa shape index (κ2) is 6.63. The van der Waals surface area contributed by atoms with Crippen LogP contribution >= 0.6 is 0 Å². The molecule has 1 saturated carbocycles. The van der Waals surface area contributed by atoms with Crippen LogP contribution in [0.25, 0.3) is 0 Å². The number of nitrogens with zero attached hydrogens (tertiary/aromatic N) is 1. The number of sulfone groups is 1. The molecule has 1 atom stereocenters. The Kier molecular flexibility index (Phi) is 4.76. The topological polar surface area (TPSA) is 54.5 Å². The van der Waals surface area contributed by atoms with Crippen LogP contribution < -0.4 is 0 Å². The van der Waals surface area contributed by atoms with Crippen molar-refractivity contribution in [2.45, 2.75) is 44.1 Å². The summed E-state index contributed by atoms with van der Waals surface area (Å²) in [6.07, 6.45) is 4.68. The zero-order valence-electron chi connectivity index (χ0n) is 13.6. The minimum atomic E-state index is -3.00. The Labute approximate surface area is 138 Å². The van der Waals surface area contributed by atoms with Gasteiger partial charge in [0.05, 0.1) is 17.4 Å². The van der Waals surface area contributed by atoms with Crippen LogP contribution in [0.3, 0.4) is 0 Å². The Bertz CT molecular complexity index is 648. The van der Waals surface area contributed by atoms with E-state index in [1.165, 1.54) is 5.56 Å². The number of carbonyl (C=O) groups is 1. The van der Waals surface area contributed by atoms with Gasteiger partial charge in [0, 0.05) is 13.1 Å². The number of carbonyl (C=O) groups excluding carboxylic acids is 1. The summed E-state index contributed by atoms with van der Waals surface area (Å²) in [7, 11) is -1.15. The number of rotatable bonds is 3. The van der Waals surface area contributed by atoms with E-state index in [2.05, 4.69) is 24.3 Å². The quantitative estimate of drug-likeness (QED) is 0.853. The highest BCUT2D eigenvalue weighted by Crippen LogP contribution is 2.35. The molecule has 0 spiro atoms. The summed E-state index contributed by atoms with van der Waals surface area (Å²) in [5, 5.41) is 0. The van der Waals surface area contributed by atoms with E-state index in [0.717, 1.165) is 25.7 Å². The largest absolute Gasteiger partial charge is 0.343 e. The molecular formula is C18H25NO3S. The lowest BCUT2D eigenvalue weighted by atomic mass is 9.81. The van der Waals surface area contributed by atoms with Crippen molar-refractivity contribution in [1.82, 2.24) is 4.90 Å². The molecule has 1 aliphatic carbocycles. The molecule has 4 nitrogen and oxygen atoms in total. The van der Waals surface area contributed by atoms with Gasteiger partial charge in [-0.25, -0.2) is 8.42 Å². The lowest BCUT2D eigenvalue weighted by Crippen LogP contribution is -2.42. The summed E-state index contributed by atoms with van der Waals surface area (Å²) in [5.41, 5.74) is 1.39. The van der Waals surface area contributed by atoms with Crippen molar-refractivity contribution in [2.75, 3.05) is 18.6 Å². The molecule has 3 rings (SSSR count). The SMILES string of the molecule is CN(C(=O)[C@@H]1CCS(=O)(=O)C1)C1CCC(c2ccccc2)CC1. The molecule has 1 aromatic rings. The van der Waals surface area contributed by atoms with Crippen LogP contribution in [0.4, 0.5) is 0 Å². The summed E-state index contributed by atoms with van der Waals surface area (Å²) in [6, 6.07) is 10.8. The molecule has 1 aliphatic heterocycles. The highest BCUT2D eigenvalue weighted by Gasteiger charge is 2.37. The Balaban J connectivity index is 1.56. The first-order valence-corrected chi connectivity index (χ1v) is 10.3. The van der Waals surface area contributed by atoms with E-state index in [9.17, 15) is 13.2 Å². The van der Waals surface area contributed by atoms with Gasteiger partial charge in [0.2, 0.25) is 5.91 Å². The number of hydrogen-bond acceptors (Lipinski definition) is 3.